The third-order valence-corrected chi connectivity index (χ3v) is 4.09. The van der Waals surface area contributed by atoms with Crippen molar-refractivity contribution in [2.45, 2.75) is 26.2 Å². The molecular weight excluding hydrogens is 348 g/mol. The van der Waals surface area contributed by atoms with E-state index >= 15 is 0 Å². The van der Waals surface area contributed by atoms with Gasteiger partial charge in [0.05, 0.1) is 14.2 Å². The summed E-state index contributed by atoms with van der Waals surface area (Å²) in [5.41, 5.74) is 2.45. The second-order valence-corrected chi connectivity index (χ2v) is 7.21. The predicted molar refractivity (Wildman–Crippen MR) is 108 cm³/mol. The number of benzene rings is 2. The van der Waals surface area contributed by atoms with Gasteiger partial charge in [-0.05, 0) is 47.5 Å². The van der Waals surface area contributed by atoms with Gasteiger partial charge in [-0.15, -0.1) is 0 Å². The van der Waals surface area contributed by atoms with Gasteiger partial charge in [0.15, 0.2) is 16.6 Å². The van der Waals surface area contributed by atoms with Crippen LogP contribution in [0.1, 0.15) is 36.7 Å². The Morgan fingerprint density at radius 2 is 1.58 bits per heavy atom. The summed E-state index contributed by atoms with van der Waals surface area (Å²) in [5, 5.41) is 5.86. The van der Waals surface area contributed by atoms with E-state index in [4.69, 9.17) is 21.7 Å². The summed E-state index contributed by atoms with van der Waals surface area (Å²) in [7, 11) is 3.13. The summed E-state index contributed by atoms with van der Waals surface area (Å²) in [4.78, 5) is 12.3. The maximum absolute atomic E-state index is 12.3. The van der Waals surface area contributed by atoms with Crippen LogP contribution in [0.3, 0.4) is 0 Å². The van der Waals surface area contributed by atoms with Gasteiger partial charge in [-0.1, -0.05) is 32.9 Å². The molecule has 138 valence electrons. The Morgan fingerprint density at radius 1 is 0.962 bits per heavy atom. The van der Waals surface area contributed by atoms with E-state index in [2.05, 4.69) is 31.4 Å². The molecule has 0 aliphatic heterocycles. The minimum absolute atomic E-state index is 0.0410. The molecule has 0 saturated heterocycles. The van der Waals surface area contributed by atoms with Gasteiger partial charge in [-0.3, -0.25) is 10.1 Å². The molecule has 0 aromatic heterocycles. The van der Waals surface area contributed by atoms with Crippen molar-refractivity contribution in [3.05, 3.63) is 53.6 Å². The van der Waals surface area contributed by atoms with Crippen LogP contribution in [-0.4, -0.2) is 25.2 Å². The Hall–Kier alpha value is -2.60. The number of amides is 1. The summed E-state index contributed by atoms with van der Waals surface area (Å²) in [5.74, 6) is 0.930. The molecule has 0 bridgehead atoms. The number of hydrogen-bond acceptors (Lipinski definition) is 4. The number of carbonyl (C=O) groups is 1. The maximum atomic E-state index is 12.3. The van der Waals surface area contributed by atoms with Crippen LogP contribution in [0, 0.1) is 0 Å². The molecule has 2 aromatic rings. The molecule has 0 aliphatic rings. The van der Waals surface area contributed by atoms with Gasteiger partial charge in [0, 0.05) is 17.3 Å². The Labute approximate surface area is 159 Å². The fraction of sp³-hybridized carbons (Fsp3) is 0.300. The second kappa shape index (κ2) is 8.19. The Balaban J connectivity index is 2.02. The number of thiocarbonyl (C=S) groups is 1. The smallest absolute Gasteiger partial charge is 0.257 e. The fourth-order valence-electron chi connectivity index (χ4n) is 2.37. The zero-order valence-electron chi connectivity index (χ0n) is 15.7. The van der Waals surface area contributed by atoms with E-state index < -0.39 is 0 Å². The molecule has 0 spiro atoms. The van der Waals surface area contributed by atoms with Gasteiger partial charge < -0.3 is 14.8 Å². The van der Waals surface area contributed by atoms with Crippen molar-refractivity contribution in [2.75, 3.05) is 19.5 Å². The summed E-state index contributed by atoms with van der Waals surface area (Å²) in [6, 6.07) is 12.8. The first-order valence-electron chi connectivity index (χ1n) is 8.19. The molecule has 5 nitrogen and oxygen atoms in total. The number of nitrogens with one attached hydrogen (secondary N) is 2. The number of anilines is 1. The summed E-state index contributed by atoms with van der Waals surface area (Å²) in [6.07, 6.45) is 0. The molecule has 0 saturated carbocycles. The lowest BCUT2D eigenvalue weighted by molar-refractivity contribution is 0.0977. The van der Waals surface area contributed by atoms with E-state index in [0.29, 0.717) is 22.7 Å². The molecule has 2 rings (SSSR count). The lowest BCUT2D eigenvalue weighted by atomic mass is 9.87. The lowest BCUT2D eigenvalue weighted by Crippen LogP contribution is -2.34. The standard InChI is InChI=1S/C20H24N2O3S/c1-20(2,3)14-8-6-13(7-9-14)18(23)22-19(26)21-15-10-11-16(24-4)17(12-15)25-5/h6-12H,1-5H3,(H2,21,22,23,26). The maximum Gasteiger partial charge on any atom is 0.257 e. The average molecular weight is 372 g/mol. The van der Waals surface area contributed by atoms with Crippen molar-refractivity contribution < 1.29 is 14.3 Å². The SMILES string of the molecule is COc1ccc(NC(=S)NC(=O)c2ccc(C(C)(C)C)cc2)cc1OC. The van der Waals surface area contributed by atoms with Crippen molar-refractivity contribution >= 4 is 28.9 Å². The van der Waals surface area contributed by atoms with Gasteiger partial charge in [0.25, 0.3) is 5.91 Å². The van der Waals surface area contributed by atoms with Crippen LogP contribution in [0.4, 0.5) is 5.69 Å². The minimum atomic E-state index is -0.261. The van der Waals surface area contributed by atoms with Gasteiger partial charge in [0.2, 0.25) is 0 Å². The first-order valence-corrected chi connectivity index (χ1v) is 8.60. The van der Waals surface area contributed by atoms with Crippen molar-refractivity contribution in [2.24, 2.45) is 0 Å². The second-order valence-electron chi connectivity index (χ2n) is 6.81. The molecule has 0 unspecified atom stereocenters. The zero-order valence-corrected chi connectivity index (χ0v) is 16.5. The molecule has 1 amide bonds. The third kappa shape index (κ3) is 4.95. The van der Waals surface area contributed by atoms with Gasteiger partial charge in [-0.2, -0.15) is 0 Å². The minimum Gasteiger partial charge on any atom is -0.493 e. The number of hydrogen-bond donors (Lipinski definition) is 2. The van der Waals surface area contributed by atoms with Crippen molar-refractivity contribution in [1.82, 2.24) is 5.32 Å². The highest BCUT2D eigenvalue weighted by molar-refractivity contribution is 7.80. The van der Waals surface area contributed by atoms with Crippen LogP contribution in [-0.2, 0) is 5.41 Å². The molecule has 2 N–H and O–H groups in total. The fourth-order valence-corrected chi connectivity index (χ4v) is 2.58. The van der Waals surface area contributed by atoms with Gasteiger partial charge >= 0.3 is 0 Å². The molecule has 2 aromatic carbocycles. The van der Waals surface area contributed by atoms with Crippen LogP contribution in [0.15, 0.2) is 42.5 Å². The quantitative estimate of drug-likeness (QED) is 0.791. The van der Waals surface area contributed by atoms with Crippen LogP contribution >= 0.6 is 12.2 Å². The molecule has 0 aliphatic carbocycles. The molecule has 26 heavy (non-hydrogen) atoms. The molecule has 0 fully saturated rings. The van der Waals surface area contributed by atoms with E-state index in [1.807, 2.05) is 12.1 Å². The van der Waals surface area contributed by atoms with E-state index in [-0.39, 0.29) is 16.4 Å². The van der Waals surface area contributed by atoms with E-state index in [1.54, 1.807) is 44.6 Å². The highest BCUT2D eigenvalue weighted by atomic mass is 32.1. The number of rotatable bonds is 4. The van der Waals surface area contributed by atoms with Crippen LogP contribution < -0.4 is 20.1 Å². The summed E-state index contributed by atoms with van der Waals surface area (Å²) in [6.45, 7) is 6.39. The van der Waals surface area contributed by atoms with Crippen molar-refractivity contribution in [3.63, 3.8) is 0 Å². The normalized spacial score (nSPS) is 10.8. The number of methoxy groups -OCH3 is 2. The summed E-state index contributed by atoms with van der Waals surface area (Å²) < 4.78 is 10.4. The lowest BCUT2D eigenvalue weighted by Gasteiger charge is -2.19. The van der Waals surface area contributed by atoms with E-state index in [9.17, 15) is 4.79 Å². The van der Waals surface area contributed by atoms with Crippen LogP contribution in [0.2, 0.25) is 0 Å². The van der Waals surface area contributed by atoms with Gasteiger partial charge in [-0.25, -0.2) is 0 Å². The molecular formula is C20H24N2O3S. The molecule has 0 radical (unpaired) electrons. The molecule has 0 atom stereocenters. The number of carbonyl (C=O) groups excluding carboxylic acids is 1. The molecule has 6 heteroatoms. The Bertz CT molecular complexity index is 796. The monoisotopic (exact) mass is 372 g/mol. The third-order valence-electron chi connectivity index (χ3n) is 3.88. The van der Waals surface area contributed by atoms with E-state index in [1.165, 1.54) is 5.56 Å². The van der Waals surface area contributed by atoms with Crippen molar-refractivity contribution in [1.29, 1.82) is 0 Å². The predicted octanol–water partition coefficient (Wildman–Crippen LogP) is 4.13. The molecule has 0 heterocycles. The largest absolute Gasteiger partial charge is 0.493 e. The van der Waals surface area contributed by atoms with E-state index in [0.717, 1.165) is 0 Å². The zero-order chi connectivity index (χ0) is 19.3. The Morgan fingerprint density at radius 3 is 2.12 bits per heavy atom. The summed E-state index contributed by atoms with van der Waals surface area (Å²) >= 11 is 5.22. The van der Waals surface area contributed by atoms with Crippen LogP contribution in [0.25, 0.3) is 0 Å². The Kier molecular flexibility index (Phi) is 6.21. The van der Waals surface area contributed by atoms with Gasteiger partial charge in [0.1, 0.15) is 0 Å². The number of ether oxygens (including phenoxy) is 2. The average Bonchev–Trinajstić information content (AvgIpc) is 2.60. The first kappa shape index (κ1) is 19.7. The topological polar surface area (TPSA) is 59.6 Å². The first-order chi connectivity index (χ1) is 12.2. The highest BCUT2D eigenvalue weighted by Crippen LogP contribution is 2.29. The van der Waals surface area contributed by atoms with Crippen molar-refractivity contribution in [3.8, 4) is 11.5 Å². The highest BCUT2D eigenvalue weighted by Gasteiger charge is 2.15. The van der Waals surface area contributed by atoms with Crippen LogP contribution in [0.5, 0.6) is 11.5 Å².